The van der Waals surface area contributed by atoms with Crippen LogP contribution in [0.2, 0.25) is 0 Å². The molecule has 0 spiro atoms. The highest BCUT2D eigenvalue weighted by molar-refractivity contribution is 7.17. The molecule has 0 bridgehead atoms. The lowest BCUT2D eigenvalue weighted by Gasteiger charge is -2.20. The SMILES string of the molecule is CCOC(=O)c1sc(N(Cc2ccccc2)C(=O)CCCc2nc(C(C)C)no2)nc1C. The van der Waals surface area contributed by atoms with Crippen LogP contribution in [0.4, 0.5) is 5.13 Å². The summed E-state index contributed by atoms with van der Waals surface area (Å²) in [6.45, 7) is 8.16. The number of hydrogen-bond donors (Lipinski definition) is 0. The molecule has 1 amide bonds. The zero-order valence-electron chi connectivity index (χ0n) is 18.8. The van der Waals surface area contributed by atoms with Crippen LogP contribution in [0.5, 0.6) is 0 Å². The van der Waals surface area contributed by atoms with E-state index in [9.17, 15) is 9.59 Å². The zero-order valence-corrected chi connectivity index (χ0v) is 19.6. The maximum atomic E-state index is 13.2. The third-order valence-electron chi connectivity index (χ3n) is 4.74. The van der Waals surface area contributed by atoms with Crippen molar-refractivity contribution in [3.8, 4) is 0 Å². The van der Waals surface area contributed by atoms with Gasteiger partial charge in [0.05, 0.1) is 18.8 Å². The van der Waals surface area contributed by atoms with Gasteiger partial charge in [0.15, 0.2) is 11.0 Å². The Bertz CT molecular complexity index is 1050. The topological polar surface area (TPSA) is 98.4 Å². The normalized spacial score (nSPS) is 11.0. The Hall–Kier alpha value is -3.07. The van der Waals surface area contributed by atoms with E-state index in [0.29, 0.717) is 53.2 Å². The van der Waals surface area contributed by atoms with Gasteiger partial charge in [0.25, 0.3) is 0 Å². The van der Waals surface area contributed by atoms with Crippen LogP contribution in [0.25, 0.3) is 0 Å². The number of benzene rings is 1. The summed E-state index contributed by atoms with van der Waals surface area (Å²) in [4.78, 5) is 36.3. The monoisotopic (exact) mass is 456 g/mol. The van der Waals surface area contributed by atoms with Crippen LogP contribution >= 0.6 is 11.3 Å². The molecule has 0 aliphatic carbocycles. The van der Waals surface area contributed by atoms with E-state index >= 15 is 0 Å². The molecule has 2 heterocycles. The van der Waals surface area contributed by atoms with Gasteiger partial charge in [-0.3, -0.25) is 9.69 Å². The third-order valence-corrected chi connectivity index (χ3v) is 5.90. The predicted octanol–water partition coefficient (Wildman–Crippen LogP) is 4.69. The number of rotatable bonds is 10. The van der Waals surface area contributed by atoms with Gasteiger partial charge in [-0.05, 0) is 25.8 Å². The molecule has 2 aromatic heterocycles. The molecule has 3 rings (SSSR count). The number of anilines is 1. The van der Waals surface area contributed by atoms with E-state index in [1.165, 1.54) is 11.3 Å². The first kappa shape index (κ1) is 23.6. The van der Waals surface area contributed by atoms with Crippen LogP contribution in [0.3, 0.4) is 0 Å². The Balaban J connectivity index is 1.74. The molecular formula is C23H28N4O4S. The lowest BCUT2D eigenvalue weighted by atomic mass is 10.2. The molecule has 0 aliphatic heterocycles. The Labute approximate surface area is 191 Å². The second-order valence-electron chi connectivity index (χ2n) is 7.65. The zero-order chi connectivity index (χ0) is 23.1. The Morgan fingerprint density at radius 3 is 2.59 bits per heavy atom. The summed E-state index contributed by atoms with van der Waals surface area (Å²) in [6.07, 6.45) is 1.38. The van der Waals surface area contributed by atoms with Crippen molar-refractivity contribution in [2.45, 2.75) is 59.4 Å². The molecular weight excluding hydrogens is 428 g/mol. The molecule has 0 N–H and O–H groups in total. The minimum absolute atomic E-state index is 0.0818. The van der Waals surface area contributed by atoms with Crippen LogP contribution in [-0.4, -0.2) is 33.6 Å². The number of aromatic nitrogens is 3. The second-order valence-corrected chi connectivity index (χ2v) is 8.63. The van der Waals surface area contributed by atoms with Crippen LogP contribution in [-0.2, 0) is 22.5 Å². The average molecular weight is 457 g/mol. The van der Waals surface area contributed by atoms with E-state index in [1.54, 1.807) is 18.7 Å². The highest BCUT2D eigenvalue weighted by Crippen LogP contribution is 2.29. The van der Waals surface area contributed by atoms with Crippen LogP contribution < -0.4 is 4.90 Å². The van der Waals surface area contributed by atoms with Crippen molar-refractivity contribution in [3.05, 3.63) is 58.2 Å². The molecule has 0 radical (unpaired) electrons. The fourth-order valence-electron chi connectivity index (χ4n) is 3.04. The van der Waals surface area contributed by atoms with Crippen molar-refractivity contribution >= 4 is 28.3 Å². The first-order valence-corrected chi connectivity index (χ1v) is 11.5. The summed E-state index contributed by atoms with van der Waals surface area (Å²) in [5.74, 6) is 0.893. The molecule has 0 unspecified atom stereocenters. The summed E-state index contributed by atoms with van der Waals surface area (Å²) in [6, 6.07) is 9.70. The maximum absolute atomic E-state index is 13.2. The largest absolute Gasteiger partial charge is 0.462 e. The number of ether oxygens (including phenoxy) is 1. The van der Waals surface area contributed by atoms with Gasteiger partial charge in [-0.2, -0.15) is 4.98 Å². The molecule has 9 heteroatoms. The molecule has 170 valence electrons. The van der Waals surface area contributed by atoms with Gasteiger partial charge < -0.3 is 9.26 Å². The van der Waals surface area contributed by atoms with Crippen LogP contribution in [0.1, 0.15) is 72.2 Å². The highest BCUT2D eigenvalue weighted by atomic mass is 32.1. The first-order valence-electron chi connectivity index (χ1n) is 10.7. The molecule has 3 aromatic rings. The number of hydrogen-bond acceptors (Lipinski definition) is 8. The van der Waals surface area contributed by atoms with Gasteiger partial charge in [0.2, 0.25) is 11.8 Å². The van der Waals surface area contributed by atoms with Crippen molar-refractivity contribution < 1.29 is 18.8 Å². The number of esters is 1. The lowest BCUT2D eigenvalue weighted by molar-refractivity contribution is -0.118. The first-order chi connectivity index (χ1) is 15.4. The van der Waals surface area contributed by atoms with Crippen molar-refractivity contribution in [1.29, 1.82) is 0 Å². The van der Waals surface area contributed by atoms with E-state index in [4.69, 9.17) is 9.26 Å². The maximum Gasteiger partial charge on any atom is 0.350 e. The van der Waals surface area contributed by atoms with Crippen molar-refractivity contribution in [2.24, 2.45) is 0 Å². The predicted molar refractivity (Wildman–Crippen MR) is 122 cm³/mol. The summed E-state index contributed by atoms with van der Waals surface area (Å²) in [5, 5.41) is 4.45. The van der Waals surface area contributed by atoms with Crippen LogP contribution in [0, 0.1) is 6.92 Å². The summed E-state index contributed by atoms with van der Waals surface area (Å²) in [5.41, 5.74) is 1.53. The summed E-state index contributed by atoms with van der Waals surface area (Å²) in [7, 11) is 0. The standard InChI is InChI=1S/C23H28N4O4S/c1-5-30-22(29)20-16(4)24-23(32-20)27(14-17-10-7-6-8-11-17)19(28)13-9-12-18-25-21(15(2)3)26-31-18/h6-8,10-11,15H,5,9,12-14H2,1-4H3. The van der Waals surface area contributed by atoms with E-state index in [1.807, 2.05) is 44.2 Å². The van der Waals surface area contributed by atoms with Crippen molar-refractivity contribution in [2.75, 3.05) is 11.5 Å². The van der Waals surface area contributed by atoms with E-state index in [0.717, 1.165) is 5.56 Å². The van der Waals surface area contributed by atoms with Crippen molar-refractivity contribution in [1.82, 2.24) is 15.1 Å². The molecule has 0 saturated heterocycles. The van der Waals surface area contributed by atoms with E-state index < -0.39 is 5.97 Å². The number of aryl methyl sites for hydroxylation is 2. The number of thiazole rings is 1. The Morgan fingerprint density at radius 2 is 1.94 bits per heavy atom. The van der Waals surface area contributed by atoms with Crippen molar-refractivity contribution in [3.63, 3.8) is 0 Å². The average Bonchev–Trinajstić information content (AvgIpc) is 3.40. The Morgan fingerprint density at radius 1 is 1.19 bits per heavy atom. The molecule has 0 atom stereocenters. The molecule has 8 nitrogen and oxygen atoms in total. The van der Waals surface area contributed by atoms with Gasteiger partial charge in [-0.1, -0.05) is 60.7 Å². The molecule has 1 aromatic carbocycles. The molecule has 32 heavy (non-hydrogen) atoms. The molecule has 0 fully saturated rings. The summed E-state index contributed by atoms with van der Waals surface area (Å²) >= 11 is 1.18. The summed E-state index contributed by atoms with van der Waals surface area (Å²) < 4.78 is 10.4. The molecule has 0 aliphatic rings. The highest BCUT2D eigenvalue weighted by Gasteiger charge is 2.24. The number of nitrogens with zero attached hydrogens (tertiary/aromatic N) is 4. The smallest absolute Gasteiger partial charge is 0.350 e. The van der Waals surface area contributed by atoms with Gasteiger partial charge in [0, 0.05) is 18.8 Å². The van der Waals surface area contributed by atoms with Gasteiger partial charge in [0.1, 0.15) is 4.88 Å². The third kappa shape index (κ3) is 6.00. The second kappa shape index (κ2) is 11.0. The van der Waals surface area contributed by atoms with Gasteiger partial charge in [-0.15, -0.1) is 0 Å². The Kier molecular flexibility index (Phi) is 8.10. The quantitative estimate of drug-likeness (QED) is 0.408. The molecule has 0 saturated carbocycles. The fraction of sp³-hybridized carbons (Fsp3) is 0.435. The van der Waals surface area contributed by atoms with E-state index in [2.05, 4.69) is 15.1 Å². The minimum Gasteiger partial charge on any atom is -0.462 e. The fourth-order valence-corrected chi connectivity index (χ4v) is 4.02. The van der Waals surface area contributed by atoms with Gasteiger partial charge in [-0.25, -0.2) is 9.78 Å². The van der Waals surface area contributed by atoms with Crippen LogP contribution in [0.15, 0.2) is 34.9 Å². The lowest BCUT2D eigenvalue weighted by Crippen LogP contribution is -2.30. The number of carbonyl (C=O) groups is 2. The van der Waals surface area contributed by atoms with Gasteiger partial charge >= 0.3 is 5.97 Å². The minimum atomic E-state index is -0.418. The number of amides is 1. The number of carbonyl (C=O) groups excluding carboxylic acids is 2. The van der Waals surface area contributed by atoms with E-state index in [-0.39, 0.29) is 18.4 Å².